The Kier molecular flexibility index (Phi) is 7.04. The lowest BCUT2D eigenvalue weighted by Crippen LogP contribution is -2.20. The first-order valence-electron chi connectivity index (χ1n) is 14.5. The second-order valence-electron chi connectivity index (χ2n) is 10.7. The summed E-state index contributed by atoms with van der Waals surface area (Å²) in [5.74, 6) is 1.49. The molecule has 0 bridgehead atoms. The summed E-state index contributed by atoms with van der Waals surface area (Å²) in [5, 5.41) is 15.4. The van der Waals surface area contributed by atoms with Gasteiger partial charge in [-0.15, -0.1) is 0 Å². The highest BCUT2D eigenvalue weighted by atomic mass is 16.5. The van der Waals surface area contributed by atoms with Crippen LogP contribution in [0.5, 0.6) is 5.75 Å². The fourth-order valence-electron chi connectivity index (χ4n) is 5.53. The molecule has 0 aliphatic rings. The van der Waals surface area contributed by atoms with E-state index in [2.05, 4.69) is 15.7 Å². The van der Waals surface area contributed by atoms with Crippen LogP contribution >= 0.6 is 0 Å². The van der Waals surface area contributed by atoms with E-state index in [0.717, 1.165) is 33.6 Å². The molecule has 8 nitrogen and oxygen atoms in total. The number of aromatic nitrogens is 3. The van der Waals surface area contributed by atoms with Gasteiger partial charge in [0.15, 0.2) is 5.76 Å². The fourth-order valence-corrected chi connectivity index (χ4v) is 5.53. The molecule has 0 spiro atoms. The van der Waals surface area contributed by atoms with Gasteiger partial charge in [0.25, 0.3) is 5.56 Å². The molecule has 0 saturated carbocycles. The number of hydrogen-bond donors (Lipinski definition) is 0. The van der Waals surface area contributed by atoms with Crippen LogP contribution in [-0.4, -0.2) is 20.4 Å². The minimum absolute atomic E-state index is 0.283. The molecule has 0 aliphatic heterocycles. The largest absolute Gasteiger partial charge is 0.489 e. The third-order valence-corrected chi connectivity index (χ3v) is 7.81. The van der Waals surface area contributed by atoms with Crippen LogP contribution in [0.3, 0.4) is 0 Å². The lowest BCUT2D eigenvalue weighted by molar-refractivity contribution is 0.306. The molecule has 8 heteroatoms. The van der Waals surface area contributed by atoms with Crippen LogP contribution < -0.4 is 10.3 Å². The van der Waals surface area contributed by atoms with E-state index in [4.69, 9.17) is 14.1 Å². The standard InChI is InChI=1S/C37H27N5O3/c1-24-19-29(25(2)41(24)30-15-17-31(18-16-30)44-23-28-11-4-3-10-27(28)21-38)22-39-42-36(35-20-26-9-5-8-14-34(26)45-35)40-33-13-7-6-12-32(33)37(42)43/h3-20,22H,23H2,1-2H3. The predicted molar refractivity (Wildman–Crippen MR) is 175 cm³/mol. The fraction of sp³-hybridized carbons (Fsp3) is 0.0811. The molecule has 0 unspecified atom stereocenters. The van der Waals surface area contributed by atoms with Crippen molar-refractivity contribution in [2.24, 2.45) is 5.10 Å². The summed E-state index contributed by atoms with van der Waals surface area (Å²) in [6, 6.07) is 36.2. The third-order valence-electron chi connectivity index (χ3n) is 7.81. The lowest BCUT2D eigenvalue weighted by Gasteiger charge is -2.12. The van der Waals surface area contributed by atoms with Crippen LogP contribution in [0.4, 0.5) is 0 Å². The van der Waals surface area contributed by atoms with Crippen molar-refractivity contribution in [3.8, 4) is 29.1 Å². The zero-order valence-electron chi connectivity index (χ0n) is 24.6. The average molecular weight is 590 g/mol. The molecule has 0 radical (unpaired) electrons. The molecular formula is C37H27N5O3. The van der Waals surface area contributed by atoms with Gasteiger partial charge in [0.1, 0.15) is 17.9 Å². The Morgan fingerprint density at radius 2 is 1.69 bits per heavy atom. The van der Waals surface area contributed by atoms with Gasteiger partial charge in [-0.3, -0.25) is 4.79 Å². The van der Waals surface area contributed by atoms with Crippen LogP contribution in [0, 0.1) is 25.2 Å². The predicted octanol–water partition coefficient (Wildman–Crippen LogP) is 7.55. The van der Waals surface area contributed by atoms with Gasteiger partial charge in [-0.1, -0.05) is 48.5 Å². The molecule has 0 atom stereocenters. The number of nitriles is 1. The molecule has 0 aliphatic carbocycles. The van der Waals surface area contributed by atoms with Crippen molar-refractivity contribution < 1.29 is 9.15 Å². The zero-order chi connectivity index (χ0) is 30.9. The first kappa shape index (κ1) is 27.6. The summed E-state index contributed by atoms with van der Waals surface area (Å²) in [5.41, 5.74) is 6.23. The van der Waals surface area contributed by atoms with Crippen molar-refractivity contribution in [1.82, 2.24) is 14.2 Å². The Balaban J connectivity index is 1.21. The van der Waals surface area contributed by atoms with Gasteiger partial charge in [0.2, 0.25) is 5.82 Å². The molecule has 4 aromatic carbocycles. The number of ether oxygens (including phenoxy) is 1. The van der Waals surface area contributed by atoms with Crippen molar-refractivity contribution in [2.45, 2.75) is 20.5 Å². The Hall–Kier alpha value is -6.20. The number of benzene rings is 4. The van der Waals surface area contributed by atoms with Crippen LogP contribution in [0.1, 0.15) is 28.1 Å². The summed E-state index contributed by atoms with van der Waals surface area (Å²) >= 11 is 0. The summed E-state index contributed by atoms with van der Waals surface area (Å²) in [6.45, 7) is 4.35. The van der Waals surface area contributed by atoms with E-state index in [9.17, 15) is 10.1 Å². The second-order valence-corrected chi connectivity index (χ2v) is 10.7. The van der Waals surface area contributed by atoms with Crippen LogP contribution in [0.15, 0.2) is 124 Å². The molecule has 7 aromatic rings. The molecule has 218 valence electrons. The minimum Gasteiger partial charge on any atom is -0.489 e. The summed E-state index contributed by atoms with van der Waals surface area (Å²) in [4.78, 5) is 18.5. The smallest absolute Gasteiger partial charge is 0.282 e. The Bertz CT molecular complexity index is 2300. The Labute approximate surface area is 258 Å². The van der Waals surface area contributed by atoms with E-state index < -0.39 is 0 Å². The molecule has 0 N–H and O–H groups in total. The molecule has 7 rings (SSSR count). The Morgan fingerprint density at radius 1 is 0.933 bits per heavy atom. The molecular weight excluding hydrogens is 562 g/mol. The first-order chi connectivity index (χ1) is 22.0. The summed E-state index contributed by atoms with van der Waals surface area (Å²) < 4.78 is 15.5. The number of fused-ring (bicyclic) bond motifs is 2. The van der Waals surface area contributed by atoms with E-state index in [1.807, 2.05) is 111 Å². The molecule has 0 fully saturated rings. The normalized spacial score (nSPS) is 11.4. The topological polar surface area (TPSA) is 98.3 Å². The van der Waals surface area contributed by atoms with Crippen LogP contribution in [0.25, 0.3) is 39.1 Å². The SMILES string of the molecule is Cc1cc(C=Nn2c(-c3cc4ccccc4o3)nc3ccccc3c2=O)c(C)n1-c1ccc(OCc2ccccc2C#N)cc1. The number of hydrogen-bond acceptors (Lipinski definition) is 6. The highest BCUT2D eigenvalue weighted by Crippen LogP contribution is 2.28. The molecule has 45 heavy (non-hydrogen) atoms. The van der Waals surface area contributed by atoms with Crippen molar-refractivity contribution in [2.75, 3.05) is 0 Å². The van der Waals surface area contributed by atoms with Gasteiger partial charge in [-0.05, 0) is 74.5 Å². The van der Waals surface area contributed by atoms with Crippen molar-refractivity contribution in [3.63, 3.8) is 0 Å². The van der Waals surface area contributed by atoms with Crippen LogP contribution in [-0.2, 0) is 6.61 Å². The van der Waals surface area contributed by atoms with E-state index >= 15 is 0 Å². The highest BCUT2D eigenvalue weighted by molar-refractivity contribution is 5.85. The Morgan fingerprint density at radius 3 is 2.51 bits per heavy atom. The highest BCUT2D eigenvalue weighted by Gasteiger charge is 2.17. The van der Waals surface area contributed by atoms with Crippen molar-refractivity contribution >= 4 is 28.1 Å². The molecule has 0 saturated heterocycles. The van der Waals surface area contributed by atoms with E-state index in [1.165, 1.54) is 4.68 Å². The van der Waals surface area contributed by atoms with E-state index in [-0.39, 0.29) is 5.56 Å². The molecule has 3 aromatic heterocycles. The zero-order valence-corrected chi connectivity index (χ0v) is 24.6. The number of nitrogens with zero attached hydrogens (tertiary/aromatic N) is 5. The monoisotopic (exact) mass is 589 g/mol. The molecule has 0 amide bonds. The maximum absolute atomic E-state index is 13.7. The van der Waals surface area contributed by atoms with E-state index in [1.54, 1.807) is 18.3 Å². The minimum atomic E-state index is -0.283. The van der Waals surface area contributed by atoms with Gasteiger partial charge < -0.3 is 13.7 Å². The van der Waals surface area contributed by atoms with E-state index in [0.29, 0.717) is 46.0 Å². The second kappa shape index (κ2) is 11.5. The van der Waals surface area contributed by atoms with Gasteiger partial charge in [0, 0.05) is 33.6 Å². The number of furan rings is 1. The van der Waals surface area contributed by atoms with Crippen molar-refractivity contribution in [3.05, 3.63) is 148 Å². The van der Waals surface area contributed by atoms with Gasteiger partial charge in [-0.25, -0.2) is 4.98 Å². The number of rotatable bonds is 7. The third kappa shape index (κ3) is 5.17. The molecule has 3 heterocycles. The summed E-state index contributed by atoms with van der Waals surface area (Å²) in [6.07, 6.45) is 1.69. The maximum atomic E-state index is 13.7. The van der Waals surface area contributed by atoms with Crippen LogP contribution in [0.2, 0.25) is 0 Å². The quantitative estimate of drug-likeness (QED) is 0.179. The number of aryl methyl sites for hydroxylation is 1. The van der Waals surface area contributed by atoms with Gasteiger partial charge >= 0.3 is 0 Å². The summed E-state index contributed by atoms with van der Waals surface area (Å²) in [7, 11) is 0. The maximum Gasteiger partial charge on any atom is 0.282 e. The van der Waals surface area contributed by atoms with Gasteiger partial charge in [-0.2, -0.15) is 15.0 Å². The first-order valence-corrected chi connectivity index (χ1v) is 14.5. The van der Waals surface area contributed by atoms with Gasteiger partial charge in [0.05, 0.1) is 28.8 Å². The van der Waals surface area contributed by atoms with Crippen molar-refractivity contribution in [1.29, 1.82) is 5.26 Å². The average Bonchev–Trinajstić information content (AvgIpc) is 3.63. The lowest BCUT2D eigenvalue weighted by atomic mass is 10.1. The number of para-hydroxylation sites is 2.